The van der Waals surface area contributed by atoms with Crippen LogP contribution in [0.1, 0.15) is 31.9 Å². The van der Waals surface area contributed by atoms with E-state index in [2.05, 4.69) is 0 Å². The maximum Gasteiger partial charge on any atom is 0.132 e. The summed E-state index contributed by atoms with van der Waals surface area (Å²) in [4.78, 5) is 0. The molecule has 2 atom stereocenters. The SMILES string of the molecule is CCC(C)[C@H](N)c1c(F)cc(Cl)cc1F.Cl. The summed E-state index contributed by atoms with van der Waals surface area (Å²) in [5.74, 6) is -1.32. The summed E-state index contributed by atoms with van der Waals surface area (Å²) in [5.41, 5.74) is 5.70. The van der Waals surface area contributed by atoms with E-state index in [1.807, 2.05) is 13.8 Å². The summed E-state index contributed by atoms with van der Waals surface area (Å²) in [6.45, 7) is 3.79. The van der Waals surface area contributed by atoms with E-state index in [9.17, 15) is 8.78 Å². The zero-order valence-electron chi connectivity index (χ0n) is 9.14. The summed E-state index contributed by atoms with van der Waals surface area (Å²) >= 11 is 5.52. The molecular formula is C11H15Cl2F2N. The van der Waals surface area contributed by atoms with Gasteiger partial charge in [0.25, 0.3) is 0 Å². The Morgan fingerprint density at radius 1 is 1.31 bits per heavy atom. The number of rotatable bonds is 3. The molecule has 0 aliphatic carbocycles. The van der Waals surface area contributed by atoms with Gasteiger partial charge in [0.05, 0.1) is 0 Å². The van der Waals surface area contributed by atoms with Gasteiger partial charge in [0.15, 0.2) is 0 Å². The normalized spacial score (nSPS) is 14.1. The van der Waals surface area contributed by atoms with Gasteiger partial charge < -0.3 is 5.73 Å². The van der Waals surface area contributed by atoms with E-state index >= 15 is 0 Å². The minimum absolute atomic E-state index is 0. The summed E-state index contributed by atoms with van der Waals surface area (Å²) < 4.78 is 26.9. The first-order valence-electron chi connectivity index (χ1n) is 4.87. The first-order valence-corrected chi connectivity index (χ1v) is 5.25. The molecule has 0 amide bonds. The van der Waals surface area contributed by atoms with Crippen LogP contribution in [0.2, 0.25) is 5.02 Å². The zero-order valence-corrected chi connectivity index (χ0v) is 10.7. The van der Waals surface area contributed by atoms with Crippen molar-refractivity contribution >= 4 is 24.0 Å². The highest BCUT2D eigenvalue weighted by molar-refractivity contribution is 6.30. The van der Waals surface area contributed by atoms with Crippen molar-refractivity contribution in [3.8, 4) is 0 Å². The van der Waals surface area contributed by atoms with Gasteiger partial charge in [-0.2, -0.15) is 0 Å². The summed E-state index contributed by atoms with van der Waals surface area (Å²) in [6.07, 6.45) is 0.767. The molecule has 0 aromatic heterocycles. The quantitative estimate of drug-likeness (QED) is 0.879. The fourth-order valence-electron chi connectivity index (χ4n) is 1.41. The van der Waals surface area contributed by atoms with Gasteiger partial charge in [-0.25, -0.2) is 8.78 Å². The third-order valence-corrected chi connectivity index (χ3v) is 2.85. The zero-order chi connectivity index (χ0) is 11.6. The third kappa shape index (κ3) is 3.30. The predicted octanol–water partition coefficient (Wildman–Crippen LogP) is 4.09. The Balaban J connectivity index is 0.00000225. The van der Waals surface area contributed by atoms with Crippen LogP contribution < -0.4 is 5.73 Å². The monoisotopic (exact) mass is 269 g/mol. The molecule has 1 nitrogen and oxygen atoms in total. The van der Waals surface area contributed by atoms with E-state index in [4.69, 9.17) is 17.3 Å². The third-order valence-electron chi connectivity index (χ3n) is 2.63. The van der Waals surface area contributed by atoms with Gasteiger partial charge in [-0.3, -0.25) is 0 Å². The van der Waals surface area contributed by atoms with Crippen molar-refractivity contribution in [3.63, 3.8) is 0 Å². The number of hydrogen-bond acceptors (Lipinski definition) is 1. The average molecular weight is 270 g/mol. The molecule has 0 saturated heterocycles. The first-order chi connectivity index (χ1) is 6.97. The summed E-state index contributed by atoms with van der Waals surface area (Å²) in [7, 11) is 0. The molecule has 1 unspecified atom stereocenters. The summed E-state index contributed by atoms with van der Waals surface area (Å²) in [5, 5.41) is 0.0464. The molecule has 0 bridgehead atoms. The molecule has 1 aromatic carbocycles. The Labute approximate surface area is 105 Å². The molecule has 1 rings (SSSR count). The molecule has 5 heteroatoms. The van der Waals surface area contributed by atoms with Gasteiger partial charge in [0.2, 0.25) is 0 Å². The maximum absolute atomic E-state index is 13.5. The van der Waals surface area contributed by atoms with Crippen LogP contribution in [-0.2, 0) is 0 Å². The number of nitrogens with two attached hydrogens (primary N) is 1. The van der Waals surface area contributed by atoms with Crippen LogP contribution in [0.3, 0.4) is 0 Å². The minimum atomic E-state index is -0.673. The second-order valence-electron chi connectivity index (χ2n) is 3.69. The van der Waals surface area contributed by atoms with Crippen molar-refractivity contribution in [1.29, 1.82) is 0 Å². The van der Waals surface area contributed by atoms with E-state index in [1.54, 1.807) is 0 Å². The lowest BCUT2D eigenvalue weighted by atomic mass is 9.92. The molecule has 2 N–H and O–H groups in total. The van der Waals surface area contributed by atoms with E-state index in [-0.39, 0.29) is 28.9 Å². The maximum atomic E-state index is 13.5. The fourth-order valence-corrected chi connectivity index (χ4v) is 1.60. The molecule has 0 saturated carbocycles. The van der Waals surface area contributed by atoms with E-state index < -0.39 is 17.7 Å². The van der Waals surface area contributed by atoms with Crippen LogP contribution in [0.5, 0.6) is 0 Å². The molecule has 92 valence electrons. The Kier molecular flexibility index (Phi) is 6.23. The molecule has 0 aliphatic rings. The molecular weight excluding hydrogens is 255 g/mol. The average Bonchev–Trinajstić information content (AvgIpc) is 2.14. The van der Waals surface area contributed by atoms with E-state index in [0.717, 1.165) is 18.6 Å². The lowest BCUT2D eigenvalue weighted by Crippen LogP contribution is -2.21. The molecule has 0 aliphatic heterocycles. The standard InChI is InChI=1S/C11H14ClF2N.ClH/c1-3-6(2)11(15)10-8(13)4-7(12)5-9(10)14;/h4-6,11H,3,15H2,1-2H3;1H/t6?,11-;/m0./s1. The highest BCUT2D eigenvalue weighted by Crippen LogP contribution is 2.28. The molecule has 0 spiro atoms. The Bertz CT molecular complexity index is 335. The lowest BCUT2D eigenvalue weighted by molar-refractivity contribution is 0.419. The van der Waals surface area contributed by atoms with E-state index in [1.165, 1.54) is 0 Å². The van der Waals surface area contributed by atoms with Gasteiger partial charge in [0.1, 0.15) is 11.6 Å². The van der Waals surface area contributed by atoms with Gasteiger partial charge in [-0.05, 0) is 18.1 Å². The molecule has 0 radical (unpaired) electrons. The van der Waals surface area contributed by atoms with Crippen LogP contribution in [0.4, 0.5) is 8.78 Å². The van der Waals surface area contributed by atoms with Crippen molar-refractivity contribution in [2.45, 2.75) is 26.3 Å². The second kappa shape index (κ2) is 6.38. The van der Waals surface area contributed by atoms with Gasteiger partial charge in [0, 0.05) is 16.6 Å². The van der Waals surface area contributed by atoms with Gasteiger partial charge in [-0.1, -0.05) is 31.9 Å². The number of benzene rings is 1. The molecule has 16 heavy (non-hydrogen) atoms. The van der Waals surface area contributed by atoms with Crippen LogP contribution in [0.25, 0.3) is 0 Å². The van der Waals surface area contributed by atoms with Crippen LogP contribution >= 0.6 is 24.0 Å². The second-order valence-corrected chi connectivity index (χ2v) is 4.13. The molecule has 0 heterocycles. The smallest absolute Gasteiger partial charge is 0.132 e. The van der Waals surface area contributed by atoms with Crippen molar-refractivity contribution < 1.29 is 8.78 Å². The van der Waals surface area contributed by atoms with Gasteiger partial charge in [-0.15, -0.1) is 12.4 Å². The van der Waals surface area contributed by atoms with Crippen LogP contribution in [-0.4, -0.2) is 0 Å². The highest BCUT2D eigenvalue weighted by atomic mass is 35.5. The topological polar surface area (TPSA) is 26.0 Å². The number of halogens is 4. The molecule has 0 fully saturated rings. The Morgan fingerprint density at radius 2 is 1.75 bits per heavy atom. The van der Waals surface area contributed by atoms with Crippen molar-refractivity contribution in [1.82, 2.24) is 0 Å². The lowest BCUT2D eigenvalue weighted by Gasteiger charge is -2.19. The van der Waals surface area contributed by atoms with Crippen LogP contribution in [0, 0.1) is 17.6 Å². The predicted molar refractivity (Wildman–Crippen MR) is 65.0 cm³/mol. The molecule has 1 aromatic rings. The Hall–Kier alpha value is -0.380. The largest absolute Gasteiger partial charge is 0.324 e. The van der Waals surface area contributed by atoms with Crippen molar-refractivity contribution in [2.75, 3.05) is 0 Å². The fraction of sp³-hybridized carbons (Fsp3) is 0.455. The van der Waals surface area contributed by atoms with Crippen LogP contribution in [0.15, 0.2) is 12.1 Å². The first kappa shape index (κ1) is 15.6. The van der Waals surface area contributed by atoms with Gasteiger partial charge >= 0.3 is 0 Å². The minimum Gasteiger partial charge on any atom is -0.324 e. The Morgan fingerprint density at radius 3 is 2.12 bits per heavy atom. The number of hydrogen-bond donors (Lipinski definition) is 1. The summed E-state index contributed by atoms with van der Waals surface area (Å²) in [6, 6.07) is 1.54. The van der Waals surface area contributed by atoms with E-state index in [0.29, 0.717) is 0 Å². The van der Waals surface area contributed by atoms with Crippen molar-refractivity contribution in [3.05, 3.63) is 34.4 Å². The highest BCUT2D eigenvalue weighted by Gasteiger charge is 2.21. The van der Waals surface area contributed by atoms with Crippen molar-refractivity contribution in [2.24, 2.45) is 11.7 Å².